The lowest BCUT2D eigenvalue weighted by Crippen LogP contribution is -2.36. The Labute approximate surface area is 110 Å². The monoisotopic (exact) mass is 269 g/mol. The normalized spacial score (nSPS) is 12.8. The first-order valence-electron chi connectivity index (χ1n) is 5.86. The van der Waals surface area contributed by atoms with Gasteiger partial charge in [0.2, 0.25) is 0 Å². The number of nitrogens with one attached hydrogen (secondary N) is 2. The molecule has 7 nitrogen and oxygen atoms in total. The molecule has 19 heavy (non-hydrogen) atoms. The Kier molecular flexibility index (Phi) is 4.52. The van der Waals surface area contributed by atoms with Gasteiger partial charge in [-0.2, -0.15) is 0 Å². The van der Waals surface area contributed by atoms with Crippen molar-refractivity contribution in [2.75, 3.05) is 12.4 Å². The van der Waals surface area contributed by atoms with Crippen LogP contribution in [0.15, 0.2) is 10.9 Å². The van der Waals surface area contributed by atoms with E-state index in [0.717, 1.165) is 6.29 Å². The van der Waals surface area contributed by atoms with Crippen LogP contribution in [0, 0.1) is 5.41 Å². The zero-order valence-electron chi connectivity index (χ0n) is 11.5. The lowest BCUT2D eigenvalue weighted by Gasteiger charge is -2.23. The molecular weight excluding hydrogens is 250 g/mol. The molecule has 0 unspecified atom stereocenters. The van der Waals surface area contributed by atoms with Gasteiger partial charge in [0.05, 0.1) is 7.11 Å². The van der Waals surface area contributed by atoms with Crippen LogP contribution in [0.4, 0.5) is 5.82 Å². The van der Waals surface area contributed by atoms with E-state index in [1.807, 2.05) is 0 Å². The van der Waals surface area contributed by atoms with Crippen molar-refractivity contribution in [3.05, 3.63) is 16.4 Å². The highest BCUT2D eigenvalue weighted by Crippen LogP contribution is 2.21. The SMILES string of the molecule is COC(=O)[C@H](CC(C)(C)C=O)Nc1cc(=O)n(C)[nH]1. The van der Waals surface area contributed by atoms with Crippen LogP contribution in [-0.2, 0) is 21.4 Å². The molecule has 1 rings (SSSR count). The molecule has 0 aliphatic carbocycles. The molecule has 0 bridgehead atoms. The minimum absolute atomic E-state index is 0.222. The van der Waals surface area contributed by atoms with Gasteiger partial charge in [0.15, 0.2) is 0 Å². The number of carbonyl (C=O) groups excluding carboxylic acids is 2. The Morgan fingerprint density at radius 2 is 2.26 bits per heavy atom. The predicted molar refractivity (Wildman–Crippen MR) is 69.9 cm³/mol. The van der Waals surface area contributed by atoms with E-state index in [4.69, 9.17) is 4.74 Å². The highest BCUT2D eigenvalue weighted by atomic mass is 16.5. The summed E-state index contributed by atoms with van der Waals surface area (Å²) in [4.78, 5) is 34.0. The number of anilines is 1. The summed E-state index contributed by atoms with van der Waals surface area (Å²) in [7, 11) is 2.84. The van der Waals surface area contributed by atoms with Crippen LogP contribution in [0.1, 0.15) is 20.3 Å². The van der Waals surface area contributed by atoms with Crippen LogP contribution in [0.5, 0.6) is 0 Å². The smallest absolute Gasteiger partial charge is 0.328 e. The second-order valence-electron chi connectivity index (χ2n) is 5.10. The molecule has 106 valence electrons. The second-order valence-corrected chi connectivity index (χ2v) is 5.10. The molecule has 7 heteroatoms. The third kappa shape index (κ3) is 3.97. The van der Waals surface area contributed by atoms with Crippen molar-refractivity contribution in [3.8, 4) is 0 Å². The van der Waals surface area contributed by atoms with Crippen LogP contribution >= 0.6 is 0 Å². The Hall–Kier alpha value is -2.05. The average Bonchev–Trinajstić information content (AvgIpc) is 2.66. The van der Waals surface area contributed by atoms with Crippen molar-refractivity contribution in [2.24, 2.45) is 12.5 Å². The molecule has 1 aromatic heterocycles. The summed E-state index contributed by atoms with van der Waals surface area (Å²) >= 11 is 0. The maximum Gasteiger partial charge on any atom is 0.328 e. The molecule has 2 N–H and O–H groups in total. The first-order valence-corrected chi connectivity index (χ1v) is 5.86. The summed E-state index contributed by atoms with van der Waals surface area (Å²) in [6, 6.07) is 0.632. The quantitative estimate of drug-likeness (QED) is 0.571. The van der Waals surface area contributed by atoms with Crippen molar-refractivity contribution < 1.29 is 14.3 Å². The summed E-state index contributed by atoms with van der Waals surface area (Å²) in [6.07, 6.45) is 1.05. The standard InChI is InChI=1S/C12H19N3O4/c1-12(2,7-16)6-8(11(18)19-4)13-9-5-10(17)15(3)14-9/h5,7-8,13-14H,6H2,1-4H3/t8-/m0/s1. The maximum absolute atomic E-state index is 11.7. The summed E-state index contributed by atoms with van der Waals surface area (Å²) in [5.41, 5.74) is -0.887. The van der Waals surface area contributed by atoms with Gasteiger partial charge in [0, 0.05) is 18.5 Å². The van der Waals surface area contributed by atoms with E-state index in [2.05, 4.69) is 10.4 Å². The van der Waals surface area contributed by atoms with Crippen LogP contribution in [-0.4, -0.2) is 35.2 Å². The lowest BCUT2D eigenvalue weighted by molar-refractivity contribution is -0.142. The molecule has 0 spiro atoms. The number of aldehydes is 1. The Morgan fingerprint density at radius 3 is 2.68 bits per heavy atom. The van der Waals surface area contributed by atoms with Gasteiger partial charge in [-0.15, -0.1) is 0 Å². The minimum Gasteiger partial charge on any atom is -0.467 e. The molecule has 0 fully saturated rings. The van der Waals surface area contributed by atoms with Crippen molar-refractivity contribution >= 4 is 18.1 Å². The third-order valence-corrected chi connectivity index (χ3v) is 2.75. The molecule has 0 aliphatic rings. The molecule has 0 amide bonds. The van der Waals surface area contributed by atoms with Crippen molar-refractivity contribution in [1.29, 1.82) is 0 Å². The fourth-order valence-electron chi connectivity index (χ4n) is 1.66. The van der Waals surface area contributed by atoms with Gasteiger partial charge in [0.1, 0.15) is 18.1 Å². The van der Waals surface area contributed by atoms with Gasteiger partial charge in [-0.25, -0.2) is 4.79 Å². The van der Waals surface area contributed by atoms with E-state index < -0.39 is 17.4 Å². The van der Waals surface area contributed by atoms with Gasteiger partial charge >= 0.3 is 5.97 Å². The van der Waals surface area contributed by atoms with Crippen LogP contribution in [0.25, 0.3) is 0 Å². The molecule has 1 atom stereocenters. The van der Waals surface area contributed by atoms with Gasteiger partial charge in [0.25, 0.3) is 5.56 Å². The number of nitrogens with zero attached hydrogens (tertiary/aromatic N) is 1. The van der Waals surface area contributed by atoms with Gasteiger partial charge in [-0.3, -0.25) is 14.6 Å². The number of aromatic nitrogens is 2. The third-order valence-electron chi connectivity index (χ3n) is 2.75. The molecule has 0 aromatic carbocycles. The van der Waals surface area contributed by atoms with E-state index in [0.29, 0.717) is 5.82 Å². The van der Waals surface area contributed by atoms with Gasteiger partial charge in [-0.05, 0) is 6.42 Å². The van der Waals surface area contributed by atoms with E-state index in [9.17, 15) is 14.4 Å². The Bertz CT molecular complexity index is 515. The van der Waals surface area contributed by atoms with E-state index >= 15 is 0 Å². The number of methoxy groups -OCH3 is 1. The minimum atomic E-state index is -0.705. The van der Waals surface area contributed by atoms with Crippen LogP contribution in [0.2, 0.25) is 0 Å². The number of rotatable bonds is 6. The number of H-pyrrole nitrogens is 1. The summed E-state index contributed by atoms with van der Waals surface area (Å²) < 4.78 is 5.98. The van der Waals surface area contributed by atoms with Crippen molar-refractivity contribution in [1.82, 2.24) is 9.78 Å². The Balaban J connectivity index is 2.89. The molecular formula is C12H19N3O4. The highest BCUT2D eigenvalue weighted by molar-refractivity contribution is 5.79. The van der Waals surface area contributed by atoms with E-state index in [1.165, 1.54) is 17.9 Å². The van der Waals surface area contributed by atoms with E-state index in [1.54, 1.807) is 20.9 Å². The van der Waals surface area contributed by atoms with Gasteiger partial charge < -0.3 is 14.8 Å². The maximum atomic E-state index is 11.7. The number of ether oxygens (including phenoxy) is 1. The summed E-state index contributed by atoms with van der Waals surface area (Å²) in [5, 5.41) is 5.63. The number of esters is 1. The molecule has 0 saturated heterocycles. The molecule has 1 heterocycles. The largest absolute Gasteiger partial charge is 0.467 e. The molecule has 1 aromatic rings. The highest BCUT2D eigenvalue weighted by Gasteiger charge is 2.28. The number of aryl methyl sites for hydroxylation is 1. The second kappa shape index (κ2) is 5.73. The molecule has 0 radical (unpaired) electrons. The van der Waals surface area contributed by atoms with Crippen LogP contribution < -0.4 is 10.9 Å². The lowest BCUT2D eigenvalue weighted by atomic mass is 9.87. The average molecular weight is 269 g/mol. The zero-order chi connectivity index (χ0) is 14.6. The fourth-order valence-corrected chi connectivity index (χ4v) is 1.66. The van der Waals surface area contributed by atoms with Crippen molar-refractivity contribution in [2.45, 2.75) is 26.3 Å². The first-order chi connectivity index (χ1) is 8.79. The fraction of sp³-hybridized carbons (Fsp3) is 0.583. The first kappa shape index (κ1) is 15.0. The molecule has 0 saturated carbocycles. The summed E-state index contributed by atoms with van der Waals surface area (Å²) in [5.74, 6) is -0.0794. The Morgan fingerprint density at radius 1 is 1.63 bits per heavy atom. The van der Waals surface area contributed by atoms with Crippen LogP contribution in [0.3, 0.4) is 0 Å². The van der Waals surface area contributed by atoms with Gasteiger partial charge in [-0.1, -0.05) is 13.8 Å². The number of carbonyl (C=O) groups is 2. The van der Waals surface area contributed by atoms with E-state index in [-0.39, 0.29) is 12.0 Å². The predicted octanol–water partition coefficient (Wildman–Crippen LogP) is 0.282. The number of hydrogen-bond donors (Lipinski definition) is 2. The summed E-state index contributed by atoms with van der Waals surface area (Å²) in [6.45, 7) is 3.46. The van der Waals surface area contributed by atoms with Crippen molar-refractivity contribution in [3.63, 3.8) is 0 Å². The molecule has 0 aliphatic heterocycles. The number of hydrogen-bond acceptors (Lipinski definition) is 5. The number of aromatic amines is 1. The topological polar surface area (TPSA) is 93.2 Å². The zero-order valence-corrected chi connectivity index (χ0v) is 11.5.